The van der Waals surface area contributed by atoms with E-state index in [9.17, 15) is 4.79 Å². The number of amides is 1. The van der Waals surface area contributed by atoms with E-state index in [1.54, 1.807) is 18.2 Å². The molecule has 164 valence electrons. The number of pyridine rings is 1. The molecule has 1 aromatic heterocycles. The maximum Gasteiger partial charge on any atom is 0.492 e. The molecule has 0 spiro atoms. The summed E-state index contributed by atoms with van der Waals surface area (Å²) in [6, 6.07) is 12.8. The van der Waals surface area contributed by atoms with Gasteiger partial charge in [-0.15, -0.1) is 0 Å². The Balaban J connectivity index is 1.74. The maximum atomic E-state index is 12.3. The molecule has 0 aliphatic carbocycles. The molecule has 31 heavy (non-hydrogen) atoms. The average molecular weight is 463 g/mol. The largest absolute Gasteiger partial charge is 0.492 e. The fourth-order valence-electron chi connectivity index (χ4n) is 2.88. The first-order chi connectivity index (χ1) is 14.6. The van der Waals surface area contributed by atoms with Crippen molar-refractivity contribution in [2.75, 3.05) is 6.54 Å². The van der Waals surface area contributed by atoms with Gasteiger partial charge in [-0.05, 0) is 50.9 Å². The van der Waals surface area contributed by atoms with E-state index >= 15 is 0 Å². The van der Waals surface area contributed by atoms with Crippen LogP contribution in [0.3, 0.4) is 0 Å². The molecule has 3 rings (SSSR count). The third-order valence-corrected chi connectivity index (χ3v) is 5.90. The summed E-state index contributed by atoms with van der Waals surface area (Å²) in [5.41, 5.74) is 1.13. The summed E-state index contributed by atoms with van der Waals surface area (Å²) in [7, 11) is -0.675. The fraction of sp³-hybridized carbons (Fsp3) is 0.364. The highest BCUT2D eigenvalue weighted by molar-refractivity contribution is 6.56. The van der Waals surface area contributed by atoms with Gasteiger partial charge in [0.2, 0.25) is 0 Å². The van der Waals surface area contributed by atoms with Crippen molar-refractivity contribution in [3.63, 3.8) is 0 Å². The molecule has 1 aliphatic heterocycles. The Bertz CT molecular complexity index is 951. The molecule has 2 heterocycles. The smallest absolute Gasteiger partial charge is 0.445 e. The minimum Gasteiger partial charge on any atom is -0.445 e. The van der Waals surface area contributed by atoms with Gasteiger partial charge in [-0.1, -0.05) is 59.6 Å². The van der Waals surface area contributed by atoms with E-state index in [2.05, 4.69) is 10.3 Å². The van der Waals surface area contributed by atoms with Crippen LogP contribution in [-0.4, -0.2) is 35.9 Å². The van der Waals surface area contributed by atoms with Gasteiger partial charge in [-0.3, -0.25) is 0 Å². The van der Waals surface area contributed by atoms with E-state index in [1.165, 1.54) is 0 Å². The van der Waals surface area contributed by atoms with Gasteiger partial charge in [0.05, 0.1) is 11.2 Å². The number of rotatable bonds is 6. The van der Waals surface area contributed by atoms with Gasteiger partial charge in [0.1, 0.15) is 16.9 Å². The molecule has 1 fully saturated rings. The average Bonchev–Trinajstić information content (AvgIpc) is 2.93. The number of hydrogen-bond acceptors (Lipinski definition) is 5. The summed E-state index contributed by atoms with van der Waals surface area (Å²) >= 11 is 12.1. The van der Waals surface area contributed by atoms with E-state index in [0.29, 0.717) is 16.2 Å². The van der Waals surface area contributed by atoms with E-state index < -0.39 is 24.4 Å². The molecule has 0 bridgehead atoms. The van der Waals surface area contributed by atoms with E-state index in [-0.39, 0.29) is 18.3 Å². The van der Waals surface area contributed by atoms with Gasteiger partial charge in [0, 0.05) is 12.1 Å². The number of benzene rings is 1. The van der Waals surface area contributed by atoms with Crippen molar-refractivity contribution in [2.45, 2.75) is 45.5 Å². The van der Waals surface area contributed by atoms with Gasteiger partial charge in [-0.25, -0.2) is 9.78 Å². The van der Waals surface area contributed by atoms with Crippen LogP contribution in [0.15, 0.2) is 47.9 Å². The SMILES string of the molecule is CC1(C)OB(C(=Cc2ccc(Cl)nc2Cl)CNC(=O)OCc2ccccc2)OC1(C)C. The molecule has 0 radical (unpaired) electrons. The number of nitrogens with one attached hydrogen (secondary N) is 1. The molecule has 1 amide bonds. The molecule has 0 atom stereocenters. The van der Waals surface area contributed by atoms with Crippen LogP contribution in [0.25, 0.3) is 6.08 Å². The second-order valence-electron chi connectivity index (χ2n) is 8.24. The summed E-state index contributed by atoms with van der Waals surface area (Å²) in [5, 5.41) is 3.29. The lowest BCUT2D eigenvalue weighted by molar-refractivity contribution is 0.00578. The second-order valence-corrected chi connectivity index (χ2v) is 8.98. The maximum absolute atomic E-state index is 12.3. The Hall–Kier alpha value is -2.06. The van der Waals surface area contributed by atoms with Crippen LogP contribution in [0.5, 0.6) is 0 Å². The van der Waals surface area contributed by atoms with Crippen molar-refractivity contribution in [1.29, 1.82) is 0 Å². The highest BCUT2D eigenvalue weighted by Crippen LogP contribution is 2.39. The van der Waals surface area contributed by atoms with Gasteiger partial charge >= 0.3 is 13.2 Å². The van der Waals surface area contributed by atoms with Crippen LogP contribution >= 0.6 is 23.2 Å². The van der Waals surface area contributed by atoms with Crippen molar-refractivity contribution in [3.05, 3.63) is 69.4 Å². The number of alkyl carbamates (subject to hydrolysis) is 1. The summed E-state index contributed by atoms with van der Waals surface area (Å²) in [6.07, 6.45) is 1.23. The van der Waals surface area contributed by atoms with Crippen molar-refractivity contribution >= 4 is 42.5 Å². The van der Waals surface area contributed by atoms with Crippen LogP contribution in [0.4, 0.5) is 4.79 Å². The lowest BCUT2D eigenvalue weighted by atomic mass is 9.77. The van der Waals surface area contributed by atoms with Crippen LogP contribution in [0, 0.1) is 0 Å². The normalized spacial score (nSPS) is 17.5. The Morgan fingerprint density at radius 2 is 1.74 bits per heavy atom. The minimum atomic E-state index is -0.675. The molecule has 1 aliphatic rings. The molecule has 2 aromatic rings. The minimum absolute atomic E-state index is 0.142. The Morgan fingerprint density at radius 3 is 2.35 bits per heavy atom. The number of nitrogens with zero attached hydrogens (tertiary/aromatic N) is 1. The first-order valence-electron chi connectivity index (χ1n) is 9.90. The number of ether oxygens (including phenoxy) is 1. The lowest BCUT2D eigenvalue weighted by Crippen LogP contribution is -2.41. The Morgan fingerprint density at radius 1 is 1.10 bits per heavy atom. The van der Waals surface area contributed by atoms with Gasteiger partial charge in [-0.2, -0.15) is 0 Å². The van der Waals surface area contributed by atoms with Gasteiger partial charge in [0.25, 0.3) is 0 Å². The van der Waals surface area contributed by atoms with Crippen LogP contribution in [0.2, 0.25) is 10.3 Å². The number of carbonyl (C=O) groups excluding carboxylic acids is 1. The van der Waals surface area contributed by atoms with Crippen LogP contribution in [0.1, 0.15) is 38.8 Å². The summed E-state index contributed by atoms with van der Waals surface area (Å²) in [4.78, 5) is 16.3. The topological polar surface area (TPSA) is 69.7 Å². The first-order valence-corrected chi connectivity index (χ1v) is 10.7. The van der Waals surface area contributed by atoms with Crippen molar-refractivity contribution in [1.82, 2.24) is 10.3 Å². The quantitative estimate of drug-likeness (QED) is 0.464. The zero-order chi connectivity index (χ0) is 22.6. The molecule has 1 N–H and O–H groups in total. The molecular formula is C22H25BCl2N2O4. The molecule has 0 saturated carbocycles. The standard InChI is InChI=1S/C22H25BCl2N2O4/c1-21(2)22(3,4)31-23(30-21)17(12-16-10-11-18(24)27-19(16)25)13-26-20(28)29-14-15-8-6-5-7-9-15/h5-12H,13-14H2,1-4H3,(H,26,28). The number of carbonyl (C=O) groups is 1. The molecule has 1 saturated heterocycles. The zero-order valence-corrected chi connectivity index (χ0v) is 19.5. The predicted molar refractivity (Wildman–Crippen MR) is 123 cm³/mol. The van der Waals surface area contributed by atoms with Crippen LogP contribution in [-0.2, 0) is 20.7 Å². The van der Waals surface area contributed by atoms with Gasteiger partial charge < -0.3 is 19.4 Å². The molecule has 1 aromatic carbocycles. The van der Waals surface area contributed by atoms with Crippen molar-refractivity contribution < 1.29 is 18.8 Å². The third kappa shape index (κ3) is 6.01. The monoisotopic (exact) mass is 462 g/mol. The predicted octanol–water partition coefficient (Wildman–Crippen LogP) is 5.33. The Kier molecular flexibility index (Phi) is 7.32. The summed E-state index contributed by atoms with van der Waals surface area (Å²) < 4.78 is 17.6. The highest BCUT2D eigenvalue weighted by Gasteiger charge is 2.52. The summed E-state index contributed by atoms with van der Waals surface area (Å²) in [5.74, 6) is 0. The highest BCUT2D eigenvalue weighted by atomic mass is 35.5. The number of hydrogen-bond donors (Lipinski definition) is 1. The van der Waals surface area contributed by atoms with E-state index in [4.69, 9.17) is 37.2 Å². The summed E-state index contributed by atoms with van der Waals surface area (Å²) in [6.45, 7) is 8.16. The first kappa shape index (κ1) is 23.6. The third-order valence-electron chi connectivity index (χ3n) is 5.39. The lowest BCUT2D eigenvalue weighted by Gasteiger charge is -2.32. The molecule has 0 unspecified atom stereocenters. The molecule has 6 nitrogen and oxygen atoms in total. The molecular weight excluding hydrogens is 438 g/mol. The van der Waals surface area contributed by atoms with Gasteiger partial charge in [0.15, 0.2) is 0 Å². The van der Waals surface area contributed by atoms with E-state index in [0.717, 1.165) is 5.56 Å². The second kappa shape index (κ2) is 9.61. The van der Waals surface area contributed by atoms with E-state index in [1.807, 2.05) is 58.0 Å². The Labute approximate surface area is 193 Å². The fourth-order valence-corrected chi connectivity index (χ4v) is 3.27. The van der Waals surface area contributed by atoms with Crippen molar-refractivity contribution in [3.8, 4) is 0 Å². The zero-order valence-electron chi connectivity index (χ0n) is 17.9. The number of halogens is 2. The van der Waals surface area contributed by atoms with Crippen LogP contribution < -0.4 is 5.32 Å². The number of aromatic nitrogens is 1. The molecule has 9 heteroatoms. The van der Waals surface area contributed by atoms with Crippen molar-refractivity contribution in [2.24, 2.45) is 0 Å².